The van der Waals surface area contributed by atoms with Crippen LogP contribution in [0.25, 0.3) is 11.4 Å². The summed E-state index contributed by atoms with van der Waals surface area (Å²) in [5.41, 5.74) is 0.765. The number of H-pyrrole nitrogens is 1. The van der Waals surface area contributed by atoms with E-state index in [-0.39, 0.29) is 17.1 Å². The molecule has 0 fully saturated rings. The van der Waals surface area contributed by atoms with Crippen LogP contribution in [0.1, 0.15) is 26.4 Å². The van der Waals surface area contributed by atoms with Crippen molar-refractivity contribution in [2.24, 2.45) is 0 Å². The number of carbonyl (C=O) groups excluding carboxylic acids is 2. The van der Waals surface area contributed by atoms with Gasteiger partial charge in [0.1, 0.15) is 5.82 Å². The molecule has 0 amide bonds. The normalized spacial score (nSPS) is 10.7. The van der Waals surface area contributed by atoms with Gasteiger partial charge in [-0.2, -0.15) is 0 Å². The first-order valence-electron chi connectivity index (χ1n) is 9.13. The first-order chi connectivity index (χ1) is 14.4. The van der Waals surface area contributed by atoms with Gasteiger partial charge in [0.25, 0.3) is 5.56 Å². The highest BCUT2D eigenvalue weighted by molar-refractivity contribution is 5.95. The number of esters is 2. The Morgan fingerprint density at radius 3 is 2.27 bits per heavy atom. The van der Waals surface area contributed by atoms with Gasteiger partial charge in [0.2, 0.25) is 5.75 Å². The lowest BCUT2D eigenvalue weighted by Gasteiger charge is -2.11. The number of nitrogens with zero attached hydrogens (tertiary/aromatic N) is 2. The van der Waals surface area contributed by atoms with Crippen molar-refractivity contribution in [3.63, 3.8) is 0 Å². The highest BCUT2D eigenvalue weighted by Gasteiger charge is 2.24. The predicted molar refractivity (Wildman–Crippen MR) is 110 cm³/mol. The molecule has 8 nitrogen and oxygen atoms in total. The maximum atomic E-state index is 12.6. The Labute approximate surface area is 173 Å². The molecule has 0 unspecified atom stereocenters. The van der Waals surface area contributed by atoms with Gasteiger partial charge in [-0.05, 0) is 31.8 Å². The Bertz CT molecular complexity index is 1110. The monoisotopic (exact) mass is 407 g/mol. The first kappa shape index (κ1) is 20.9. The van der Waals surface area contributed by atoms with E-state index in [1.54, 1.807) is 30.3 Å². The van der Waals surface area contributed by atoms with E-state index in [2.05, 4.69) is 9.97 Å². The number of aromatic amines is 1. The van der Waals surface area contributed by atoms with Crippen molar-refractivity contribution in [2.45, 2.75) is 6.54 Å². The van der Waals surface area contributed by atoms with Crippen LogP contribution < -0.4 is 10.3 Å². The molecular weight excluding hydrogens is 386 g/mol. The van der Waals surface area contributed by atoms with Crippen LogP contribution in [0.3, 0.4) is 0 Å². The minimum Gasteiger partial charge on any atom is -0.464 e. The molecule has 3 rings (SSSR count). The molecule has 3 aromatic rings. The third kappa shape index (κ3) is 4.79. The summed E-state index contributed by atoms with van der Waals surface area (Å²) in [6.07, 6.45) is 0. The molecule has 0 aliphatic rings. The van der Waals surface area contributed by atoms with Crippen molar-refractivity contribution in [3.05, 3.63) is 81.8 Å². The highest BCUT2D eigenvalue weighted by Crippen LogP contribution is 2.20. The van der Waals surface area contributed by atoms with Gasteiger partial charge in [-0.25, -0.2) is 14.6 Å². The van der Waals surface area contributed by atoms with Crippen molar-refractivity contribution in [1.82, 2.24) is 14.9 Å². The van der Waals surface area contributed by atoms with Gasteiger partial charge in [-0.1, -0.05) is 42.5 Å². The van der Waals surface area contributed by atoms with Crippen molar-refractivity contribution in [1.29, 1.82) is 0 Å². The summed E-state index contributed by atoms with van der Waals surface area (Å²) in [5.74, 6) is -2.02. The lowest BCUT2D eigenvalue weighted by atomic mass is 10.1. The van der Waals surface area contributed by atoms with Crippen LogP contribution >= 0.6 is 0 Å². The summed E-state index contributed by atoms with van der Waals surface area (Å²) in [4.78, 5) is 46.0. The lowest BCUT2D eigenvalue weighted by molar-refractivity contribution is 0.0584. The molecule has 8 heteroatoms. The van der Waals surface area contributed by atoms with E-state index in [1.165, 1.54) is 12.1 Å². The van der Waals surface area contributed by atoms with Crippen LogP contribution in [0.2, 0.25) is 0 Å². The van der Waals surface area contributed by atoms with E-state index < -0.39 is 23.2 Å². The molecule has 1 heterocycles. The van der Waals surface area contributed by atoms with E-state index >= 15 is 0 Å². The van der Waals surface area contributed by atoms with Crippen molar-refractivity contribution in [2.75, 3.05) is 21.2 Å². The number of benzene rings is 2. The average Bonchev–Trinajstić information content (AvgIpc) is 2.75. The molecule has 0 aliphatic heterocycles. The number of methoxy groups -OCH3 is 1. The van der Waals surface area contributed by atoms with E-state index in [9.17, 15) is 14.4 Å². The average molecular weight is 407 g/mol. The molecule has 2 aromatic carbocycles. The number of hydrogen-bond acceptors (Lipinski definition) is 7. The Balaban J connectivity index is 1.98. The number of carbonyl (C=O) groups is 2. The third-order valence-electron chi connectivity index (χ3n) is 4.19. The van der Waals surface area contributed by atoms with Gasteiger partial charge in [0, 0.05) is 12.1 Å². The number of aromatic nitrogens is 2. The largest absolute Gasteiger partial charge is 0.464 e. The predicted octanol–water partition coefficient (Wildman–Crippen LogP) is 2.50. The minimum atomic E-state index is -0.887. The van der Waals surface area contributed by atoms with Crippen LogP contribution in [-0.2, 0) is 11.3 Å². The Hall–Kier alpha value is -3.78. The molecule has 1 aromatic heterocycles. The molecule has 0 saturated heterocycles. The summed E-state index contributed by atoms with van der Waals surface area (Å²) >= 11 is 0. The van der Waals surface area contributed by atoms with E-state index in [4.69, 9.17) is 9.47 Å². The molecule has 0 spiro atoms. The van der Waals surface area contributed by atoms with Crippen molar-refractivity contribution >= 4 is 11.9 Å². The molecule has 0 saturated carbocycles. The standard InChI is InChI=1S/C22H21N3O5/c1-25(2)13-14-9-11-15(12-10-14)19-23-17(22(28)29-3)18(20(26)24-19)30-21(27)16-7-5-4-6-8-16/h4-12H,13H2,1-3H3,(H,23,24,26). The van der Waals surface area contributed by atoms with Gasteiger partial charge in [0.05, 0.1) is 12.7 Å². The summed E-state index contributed by atoms with van der Waals surface area (Å²) < 4.78 is 9.91. The summed E-state index contributed by atoms with van der Waals surface area (Å²) in [6.45, 7) is 0.756. The second kappa shape index (κ2) is 9.15. The highest BCUT2D eigenvalue weighted by atomic mass is 16.5. The van der Waals surface area contributed by atoms with Gasteiger partial charge in [-0.3, -0.25) is 4.79 Å². The van der Waals surface area contributed by atoms with Crippen LogP contribution in [0.5, 0.6) is 5.75 Å². The zero-order chi connectivity index (χ0) is 21.7. The number of ether oxygens (including phenoxy) is 2. The molecule has 0 radical (unpaired) electrons. The summed E-state index contributed by atoms with van der Waals surface area (Å²) in [6, 6.07) is 15.5. The molecule has 0 bridgehead atoms. The van der Waals surface area contributed by atoms with E-state index in [0.717, 1.165) is 19.2 Å². The molecule has 30 heavy (non-hydrogen) atoms. The summed E-state index contributed by atoms with van der Waals surface area (Å²) in [5, 5.41) is 0. The Kier molecular flexibility index (Phi) is 6.38. The quantitative estimate of drug-likeness (QED) is 0.627. The maximum Gasteiger partial charge on any atom is 0.360 e. The number of nitrogens with one attached hydrogen (secondary N) is 1. The molecular formula is C22H21N3O5. The van der Waals surface area contributed by atoms with E-state index in [1.807, 2.05) is 31.1 Å². The van der Waals surface area contributed by atoms with Crippen LogP contribution in [0, 0.1) is 0 Å². The van der Waals surface area contributed by atoms with Crippen LogP contribution in [-0.4, -0.2) is 48.0 Å². The fourth-order valence-electron chi connectivity index (χ4n) is 2.79. The van der Waals surface area contributed by atoms with Gasteiger partial charge in [0.15, 0.2) is 5.69 Å². The number of hydrogen-bond donors (Lipinski definition) is 1. The SMILES string of the molecule is COC(=O)c1nc(-c2ccc(CN(C)C)cc2)[nH]c(=O)c1OC(=O)c1ccccc1. The minimum absolute atomic E-state index is 0.163. The molecule has 154 valence electrons. The smallest absolute Gasteiger partial charge is 0.360 e. The van der Waals surface area contributed by atoms with E-state index in [0.29, 0.717) is 5.56 Å². The van der Waals surface area contributed by atoms with Crippen molar-refractivity contribution < 1.29 is 19.1 Å². The number of rotatable bonds is 6. The zero-order valence-electron chi connectivity index (χ0n) is 16.8. The Morgan fingerprint density at radius 1 is 1.00 bits per heavy atom. The van der Waals surface area contributed by atoms with Crippen LogP contribution in [0.15, 0.2) is 59.4 Å². The van der Waals surface area contributed by atoms with Gasteiger partial charge in [-0.15, -0.1) is 0 Å². The third-order valence-corrected chi connectivity index (χ3v) is 4.19. The second-order valence-corrected chi connectivity index (χ2v) is 6.77. The molecule has 0 atom stereocenters. The van der Waals surface area contributed by atoms with Gasteiger partial charge < -0.3 is 19.4 Å². The van der Waals surface area contributed by atoms with Crippen molar-refractivity contribution in [3.8, 4) is 17.1 Å². The fraction of sp³-hybridized carbons (Fsp3) is 0.182. The maximum absolute atomic E-state index is 12.6. The first-order valence-corrected chi connectivity index (χ1v) is 9.13. The molecule has 1 N–H and O–H groups in total. The fourth-order valence-corrected chi connectivity index (χ4v) is 2.79. The van der Waals surface area contributed by atoms with Crippen LogP contribution in [0.4, 0.5) is 0 Å². The molecule has 0 aliphatic carbocycles. The lowest BCUT2D eigenvalue weighted by Crippen LogP contribution is -2.23. The Morgan fingerprint density at radius 2 is 1.67 bits per heavy atom. The summed E-state index contributed by atoms with van der Waals surface area (Å²) in [7, 11) is 5.08. The topological polar surface area (TPSA) is 102 Å². The second-order valence-electron chi connectivity index (χ2n) is 6.77. The van der Waals surface area contributed by atoms with Gasteiger partial charge >= 0.3 is 11.9 Å². The zero-order valence-corrected chi connectivity index (χ0v) is 16.8.